The summed E-state index contributed by atoms with van der Waals surface area (Å²) >= 11 is 4.71. The van der Waals surface area contributed by atoms with Crippen molar-refractivity contribution in [2.24, 2.45) is 0 Å². The highest BCUT2D eigenvalue weighted by atomic mass is 79.9. The number of aromatic nitrogens is 1. The zero-order chi connectivity index (χ0) is 14.8. The van der Waals surface area contributed by atoms with Crippen LogP contribution in [0.15, 0.2) is 46.0 Å². The summed E-state index contributed by atoms with van der Waals surface area (Å²) < 4.78 is 0.674. The lowest BCUT2D eigenvalue weighted by Crippen LogP contribution is -2.19. The van der Waals surface area contributed by atoms with Gasteiger partial charge >= 0.3 is 0 Å². The van der Waals surface area contributed by atoms with Gasteiger partial charge in [-0.15, -0.1) is 11.8 Å². The van der Waals surface area contributed by atoms with E-state index in [-0.39, 0.29) is 11.8 Å². The molecule has 0 saturated heterocycles. The van der Waals surface area contributed by atoms with Crippen LogP contribution in [0.1, 0.15) is 10.4 Å². The third-order valence-electron chi connectivity index (χ3n) is 2.86. The Morgan fingerprint density at radius 1 is 1.33 bits per heavy atom. The number of nitrogens with one attached hydrogen (secondary N) is 2. The first-order chi connectivity index (χ1) is 10.1. The number of fused-ring (bicyclic) bond motifs is 1. The molecule has 2 heterocycles. The highest BCUT2D eigenvalue weighted by Gasteiger charge is 2.16. The molecular formula is C14H10BrN3O2S. The Labute approximate surface area is 133 Å². The SMILES string of the molecule is O=C1CSc2ccc(NC(=O)c3ccc(Br)nc3)cc2N1. The lowest BCUT2D eigenvalue weighted by molar-refractivity contribution is -0.113. The third-order valence-corrected chi connectivity index (χ3v) is 4.40. The standard InChI is InChI=1S/C14H10BrN3O2S/c15-12-4-1-8(6-16-12)14(20)17-9-2-3-11-10(5-9)18-13(19)7-21-11/h1-6H,7H2,(H,17,20)(H,18,19). The number of carbonyl (C=O) groups excluding carboxylic acids is 2. The van der Waals surface area contributed by atoms with Gasteiger partial charge in [-0.25, -0.2) is 4.98 Å². The first-order valence-electron chi connectivity index (χ1n) is 6.11. The summed E-state index contributed by atoms with van der Waals surface area (Å²) in [4.78, 5) is 28.5. The molecular weight excluding hydrogens is 354 g/mol. The number of thioether (sulfide) groups is 1. The number of halogens is 1. The van der Waals surface area contributed by atoms with Crippen LogP contribution in [0.3, 0.4) is 0 Å². The number of benzene rings is 1. The Hall–Kier alpha value is -1.86. The summed E-state index contributed by atoms with van der Waals surface area (Å²) in [7, 11) is 0. The molecule has 0 atom stereocenters. The van der Waals surface area contributed by atoms with Crippen LogP contribution in [0.2, 0.25) is 0 Å². The highest BCUT2D eigenvalue weighted by Crippen LogP contribution is 2.33. The maximum absolute atomic E-state index is 12.1. The minimum absolute atomic E-state index is 0.0342. The van der Waals surface area contributed by atoms with Gasteiger partial charge in [0, 0.05) is 16.8 Å². The Balaban J connectivity index is 1.79. The fraction of sp³-hybridized carbons (Fsp3) is 0.0714. The molecule has 3 rings (SSSR count). The zero-order valence-electron chi connectivity index (χ0n) is 10.7. The molecule has 0 saturated carbocycles. The summed E-state index contributed by atoms with van der Waals surface area (Å²) in [5.41, 5.74) is 1.82. The molecule has 1 aliphatic heterocycles. The number of hydrogen-bond donors (Lipinski definition) is 2. The lowest BCUT2D eigenvalue weighted by Gasteiger charge is -2.17. The van der Waals surface area contributed by atoms with Crippen molar-refractivity contribution < 1.29 is 9.59 Å². The number of amides is 2. The minimum Gasteiger partial charge on any atom is -0.324 e. The highest BCUT2D eigenvalue weighted by molar-refractivity contribution is 9.10. The largest absolute Gasteiger partial charge is 0.324 e. The molecule has 7 heteroatoms. The summed E-state index contributed by atoms with van der Waals surface area (Å²) in [6.07, 6.45) is 1.50. The van der Waals surface area contributed by atoms with E-state index in [4.69, 9.17) is 0 Å². The van der Waals surface area contributed by atoms with Gasteiger partial charge in [-0.1, -0.05) is 0 Å². The molecule has 0 radical (unpaired) electrons. The van der Waals surface area contributed by atoms with E-state index < -0.39 is 0 Å². The Bertz CT molecular complexity index is 719. The van der Waals surface area contributed by atoms with E-state index in [0.29, 0.717) is 21.6 Å². The second-order valence-electron chi connectivity index (χ2n) is 4.37. The predicted octanol–water partition coefficient (Wildman–Crippen LogP) is 3.14. The number of nitrogens with zero attached hydrogens (tertiary/aromatic N) is 1. The quantitative estimate of drug-likeness (QED) is 0.804. The van der Waals surface area contributed by atoms with Crippen molar-refractivity contribution in [2.45, 2.75) is 4.90 Å². The van der Waals surface area contributed by atoms with E-state index in [1.807, 2.05) is 12.1 Å². The number of pyridine rings is 1. The molecule has 21 heavy (non-hydrogen) atoms. The summed E-state index contributed by atoms with van der Waals surface area (Å²) in [5.74, 6) is 0.140. The van der Waals surface area contributed by atoms with Crippen LogP contribution in [0.4, 0.5) is 11.4 Å². The molecule has 1 aromatic heterocycles. The molecule has 2 amide bonds. The fourth-order valence-electron chi connectivity index (χ4n) is 1.87. The molecule has 1 aliphatic rings. The number of anilines is 2. The van der Waals surface area contributed by atoms with Crippen LogP contribution < -0.4 is 10.6 Å². The van der Waals surface area contributed by atoms with Gasteiger partial charge in [0.25, 0.3) is 5.91 Å². The van der Waals surface area contributed by atoms with E-state index in [1.165, 1.54) is 18.0 Å². The van der Waals surface area contributed by atoms with Crippen LogP contribution in [0.5, 0.6) is 0 Å². The fourth-order valence-corrected chi connectivity index (χ4v) is 2.90. The lowest BCUT2D eigenvalue weighted by atomic mass is 10.2. The normalized spacial score (nSPS) is 13.3. The van der Waals surface area contributed by atoms with Gasteiger partial charge in [0.2, 0.25) is 5.91 Å². The van der Waals surface area contributed by atoms with Gasteiger partial charge in [0.15, 0.2) is 0 Å². The average Bonchev–Trinajstić information content (AvgIpc) is 2.47. The van der Waals surface area contributed by atoms with Crippen molar-refractivity contribution >= 4 is 50.9 Å². The van der Waals surface area contributed by atoms with Gasteiger partial charge in [-0.05, 0) is 46.3 Å². The molecule has 2 aromatic rings. The van der Waals surface area contributed by atoms with Gasteiger partial charge in [-0.2, -0.15) is 0 Å². The Morgan fingerprint density at radius 2 is 2.19 bits per heavy atom. The van der Waals surface area contributed by atoms with Crippen molar-refractivity contribution in [1.29, 1.82) is 0 Å². The third kappa shape index (κ3) is 3.25. The van der Waals surface area contributed by atoms with Gasteiger partial charge < -0.3 is 10.6 Å². The van der Waals surface area contributed by atoms with Gasteiger partial charge in [0.1, 0.15) is 4.60 Å². The molecule has 0 aliphatic carbocycles. The second kappa shape index (κ2) is 5.87. The minimum atomic E-state index is -0.246. The number of rotatable bonds is 2. The van der Waals surface area contributed by atoms with E-state index in [9.17, 15) is 9.59 Å². The smallest absolute Gasteiger partial charge is 0.257 e. The Kier molecular flexibility index (Phi) is 3.94. The van der Waals surface area contributed by atoms with Crippen molar-refractivity contribution in [3.8, 4) is 0 Å². The van der Waals surface area contributed by atoms with E-state index >= 15 is 0 Å². The molecule has 0 unspecified atom stereocenters. The predicted molar refractivity (Wildman–Crippen MR) is 85.7 cm³/mol. The van der Waals surface area contributed by atoms with E-state index in [2.05, 4.69) is 31.5 Å². The van der Waals surface area contributed by atoms with Crippen molar-refractivity contribution in [3.63, 3.8) is 0 Å². The first-order valence-corrected chi connectivity index (χ1v) is 7.89. The molecule has 5 nitrogen and oxygen atoms in total. The molecule has 0 bridgehead atoms. The van der Waals surface area contributed by atoms with Crippen LogP contribution in [0.25, 0.3) is 0 Å². The van der Waals surface area contributed by atoms with E-state index in [0.717, 1.165) is 10.6 Å². The van der Waals surface area contributed by atoms with Gasteiger partial charge in [-0.3, -0.25) is 9.59 Å². The molecule has 2 N–H and O–H groups in total. The number of hydrogen-bond acceptors (Lipinski definition) is 4. The van der Waals surface area contributed by atoms with Crippen LogP contribution in [0, 0.1) is 0 Å². The summed E-state index contributed by atoms with van der Waals surface area (Å²) in [6, 6.07) is 8.84. The molecule has 0 spiro atoms. The maximum Gasteiger partial charge on any atom is 0.257 e. The average molecular weight is 364 g/mol. The van der Waals surface area contributed by atoms with Crippen molar-refractivity contribution in [3.05, 3.63) is 46.7 Å². The topological polar surface area (TPSA) is 71.1 Å². The van der Waals surface area contributed by atoms with Crippen molar-refractivity contribution in [1.82, 2.24) is 4.98 Å². The molecule has 1 aromatic carbocycles. The van der Waals surface area contributed by atoms with Crippen molar-refractivity contribution in [2.75, 3.05) is 16.4 Å². The van der Waals surface area contributed by atoms with Gasteiger partial charge in [0.05, 0.1) is 17.0 Å². The Morgan fingerprint density at radius 3 is 2.95 bits per heavy atom. The number of carbonyl (C=O) groups is 2. The monoisotopic (exact) mass is 363 g/mol. The first kappa shape index (κ1) is 14.1. The second-order valence-corrected chi connectivity index (χ2v) is 6.20. The molecule has 106 valence electrons. The maximum atomic E-state index is 12.1. The molecule has 0 fully saturated rings. The van der Waals surface area contributed by atoms with E-state index in [1.54, 1.807) is 18.2 Å². The van der Waals surface area contributed by atoms with Crippen LogP contribution in [-0.2, 0) is 4.79 Å². The van der Waals surface area contributed by atoms with Crippen LogP contribution >= 0.6 is 27.7 Å². The summed E-state index contributed by atoms with van der Waals surface area (Å²) in [5, 5.41) is 5.58. The van der Waals surface area contributed by atoms with Crippen LogP contribution in [-0.4, -0.2) is 22.6 Å². The zero-order valence-corrected chi connectivity index (χ0v) is 13.1. The summed E-state index contributed by atoms with van der Waals surface area (Å²) in [6.45, 7) is 0.